The van der Waals surface area contributed by atoms with Crippen molar-refractivity contribution in [2.75, 3.05) is 6.61 Å². The first-order chi connectivity index (χ1) is 7.52. The van der Waals surface area contributed by atoms with E-state index in [1.54, 1.807) is 6.92 Å². The normalized spacial score (nSPS) is 10.2. The Hall–Kier alpha value is -1.58. The zero-order chi connectivity index (χ0) is 12.3. The van der Waals surface area contributed by atoms with Crippen LogP contribution in [0.15, 0.2) is 10.9 Å². The molecule has 0 saturated heterocycles. The SMILES string of the molecule is CCOC(=O)c1c(CC)n(C)c(C)cc1=O. The van der Waals surface area contributed by atoms with E-state index in [-0.39, 0.29) is 17.6 Å². The summed E-state index contributed by atoms with van der Waals surface area (Å²) >= 11 is 0. The lowest BCUT2D eigenvalue weighted by atomic mass is 10.1. The van der Waals surface area contributed by atoms with E-state index in [2.05, 4.69) is 0 Å². The number of ether oxygens (including phenoxy) is 1. The van der Waals surface area contributed by atoms with Crippen molar-refractivity contribution in [3.05, 3.63) is 33.2 Å². The molecule has 1 aromatic rings. The van der Waals surface area contributed by atoms with Crippen molar-refractivity contribution in [1.29, 1.82) is 0 Å². The lowest BCUT2D eigenvalue weighted by molar-refractivity contribution is 0.0522. The maximum atomic E-state index is 11.8. The topological polar surface area (TPSA) is 48.3 Å². The Bertz CT molecular complexity index is 460. The molecule has 1 aromatic heterocycles. The van der Waals surface area contributed by atoms with Gasteiger partial charge < -0.3 is 9.30 Å². The molecule has 1 rings (SSSR count). The van der Waals surface area contributed by atoms with Crippen LogP contribution in [0.3, 0.4) is 0 Å². The number of hydrogen-bond donors (Lipinski definition) is 0. The highest BCUT2D eigenvalue weighted by Crippen LogP contribution is 2.09. The predicted octanol–water partition coefficient (Wildman–Crippen LogP) is 1.43. The maximum Gasteiger partial charge on any atom is 0.343 e. The Kier molecular flexibility index (Phi) is 3.88. The molecule has 0 saturated carbocycles. The maximum absolute atomic E-state index is 11.8. The van der Waals surface area contributed by atoms with Gasteiger partial charge in [-0.2, -0.15) is 0 Å². The fourth-order valence-electron chi connectivity index (χ4n) is 1.72. The molecule has 88 valence electrons. The van der Waals surface area contributed by atoms with Crippen molar-refractivity contribution in [3.8, 4) is 0 Å². The number of carbonyl (C=O) groups excluding carboxylic acids is 1. The van der Waals surface area contributed by atoms with Crippen molar-refractivity contribution in [1.82, 2.24) is 4.57 Å². The molecule has 0 aliphatic rings. The third-order valence-corrected chi connectivity index (χ3v) is 2.62. The second-order valence-electron chi connectivity index (χ2n) is 3.60. The zero-order valence-electron chi connectivity index (χ0n) is 10.2. The van der Waals surface area contributed by atoms with Gasteiger partial charge in [-0.1, -0.05) is 6.92 Å². The molecule has 0 amide bonds. The van der Waals surface area contributed by atoms with Crippen LogP contribution in [0.1, 0.15) is 35.6 Å². The lowest BCUT2D eigenvalue weighted by Gasteiger charge is -2.14. The largest absolute Gasteiger partial charge is 0.462 e. The molecule has 4 heteroatoms. The van der Waals surface area contributed by atoms with Gasteiger partial charge in [-0.25, -0.2) is 4.79 Å². The Morgan fingerprint density at radius 3 is 2.56 bits per heavy atom. The van der Waals surface area contributed by atoms with Crippen LogP contribution in [0.25, 0.3) is 0 Å². The fraction of sp³-hybridized carbons (Fsp3) is 0.500. The van der Waals surface area contributed by atoms with Crippen LogP contribution in [0.2, 0.25) is 0 Å². The average Bonchev–Trinajstić information content (AvgIpc) is 2.23. The summed E-state index contributed by atoms with van der Waals surface area (Å²) in [4.78, 5) is 23.4. The minimum atomic E-state index is -0.528. The van der Waals surface area contributed by atoms with Crippen molar-refractivity contribution in [3.63, 3.8) is 0 Å². The molecule has 0 atom stereocenters. The monoisotopic (exact) mass is 223 g/mol. The minimum Gasteiger partial charge on any atom is -0.462 e. The van der Waals surface area contributed by atoms with Gasteiger partial charge in [0.15, 0.2) is 5.43 Å². The van der Waals surface area contributed by atoms with Gasteiger partial charge >= 0.3 is 5.97 Å². The summed E-state index contributed by atoms with van der Waals surface area (Å²) in [5.74, 6) is -0.528. The van der Waals surface area contributed by atoms with Crippen LogP contribution in [0.4, 0.5) is 0 Å². The predicted molar refractivity (Wildman–Crippen MR) is 61.8 cm³/mol. The molecule has 1 heterocycles. The summed E-state index contributed by atoms with van der Waals surface area (Å²) in [5.41, 5.74) is 1.47. The van der Waals surface area contributed by atoms with Crippen molar-refractivity contribution < 1.29 is 9.53 Å². The highest BCUT2D eigenvalue weighted by Gasteiger charge is 2.18. The number of carbonyl (C=O) groups is 1. The van der Waals surface area contributed by atoms with E-state index in [0.717, 1.165) is 11.4 Å². The van der Waals surface area contributed by atoms with Crippen molar-refractivity contribution >= 4 is 5.97 Å². The molecule has 16 heavy (non-hydrogen) atoms. The molecule has 0 bridgehead atoms. The molecule has 0 radical (unpaired) electrons. The van der Waals surface area contributed by atoms with Crippen LogP contribution >= 0.6 is 0 Å². The van der Waals surface area contributed by atoms with Gasteiger partial charge in [-0.3, -0.25) is 4.79 Å². The highest BCUT2D eigenvalue weighted by atomic mass is 16.5. The van der Waals surface area contributed by atoms with Gasteiger partial charge in [0, 0.05) is 24.5 Å². The third-order valence-electron chi connectivity index (χ3n) is 2.62. The average molecular weight is 223 g/mol. The number of pyridine rings is 1. The van der Waals surface area contributed by atoms with E-state index in [0.29, 0.717) is 6.42 Å². The summed E-state index contributed by atoms with van der Waals surface area (Å²) in [5, 5.41) is 0. The first-order valence-electron chi connectivity index (χ1n) is 5.39. The van der Waals surface area contributed by atoms with E-state index in [4.69, 9.17) is 4.74 Å². The molecule has 0 unspecified atom stereocenters. The summed E-state index contributed by atoms with van der Waals surface area (Å²) in [7, 11) is 1.84. The van der Waals surface area contributed by atoms with Gasteiger partial charge in [-0.15, -0.1) is 0 Å². The molecule has 0 aliphatic heterocycles. The molecule has 0 spiro atoms. The second kappa shape index (κ2) is 4.96. The number of aryl methyl sites for hydroxylation is 1. The Morgan fingerprint density at radius 2 is 2.06 bits per heavy atom. The quantitative estimate of drug-likeness (QED) is 0.728. The summed E-state index contributed by atoms with van der Waals surface area (Å²) in [6, 6.07) is 1.46. The summed E-state index contributed by atoms with van der Waals surface area (Å²) in [6.45, 7) is 5.76. The minimum absolute atomic E-state index is 0.164. The van der Waals surface area contributed by atoms with Gasteiger partial charge in [0.1, 0.15) is 5.56 Å². The molecule has 4 nitrogen and oxygen atoms in total. The summed E-state index contributed by atoms with van der Waals surface area (Å²) < 4.78 is 6.75. The van der Waals surface area contributed by atoms with E-state index in [1.165, 1.54) is 6.07 Å². The number of nitrogens with zero attached hydrogens (tertiary/aromatic N) is 1. The van der Waals surface area contributed by atoms with Crippen LogP contribution in [-0.4, -0.2) is 17.1 Å². The van der Waals surface area contributed by atoms with Gasteiger partial charge in [0.2, 0.25) is 0 Å². The van der Waals surface area contributed by atoms with Crippen LogP contribution in [-0.2, 0) is 18.2 Å². The smallest absolute Gasteiger partial charge is 0.343 e. The van der Waals surface area contributed by atoms with E-state index < -0.39 is 5.97 Å². The number of hydrogen-bond acceptors (Lipinski definition) is 3. The van der Waals surface area contributed by atoms with Gasteiger partial charge in [0.25, 0.3) is 0 Å². The van der Waals surface area contributed by atoms with Crippen LogP contribution in [0.5, 0.6) is 0 Å². The van der Waals surface area contributed by atoms with Gasteiger partial charge in [-0.05, 0) is 20.3 Å². The second-order valence-corrected chi connectivity index (χ2v) is 3.60. The fourth-order valence-corrected chi connectivity index (χ4v) is 1.72. The molecule has 0 N–H and O–H groups in total. The Morgan fingerprint density at radius 1 is 1.44 bits per heavy atom. The Balaban J connectivity index is 3.43. The van der Waals surface area contributed by atoms with E-state index in [9.17, 15) is 9.59 Å². The zero-order valence-corrected chi connectivity index (χ0v) is 10.2. The standard InChI is InChI=1S/C12H17NO3/c1-5-9-11(12(15)16-6-2)10(14)7-8(3)13(9)4/h7H,5-6H2,1-4H3. The van der Waals surface area contributed by atoms with Crippen molar-refractivity contribution in [2.24, 2.45) is 7.05 Å². The highest BCUT2D eigenvalue weighted by molar-refractivity contribution is 5.90. The van der Waals surface area contributed by atoms with Crippen molar-refractivity contribution in [2.45, 2.75) is 27.2 Å². The number of rotatable bonds is 3. The molecular formula is C12H17NO3. The molecular weight excluding hydrogens is 206 g/mol. The number of aromatic nitrogens is 1. The first-order valence-corrected chi connectivity index (χ1v) is 5.39. The van der Waals surface area contributed by atoms with E-state index >= 15 is 0 Å². The first kappa shape index (κ1) is 12.5. The Labute approximate surface area is 94.9 Å². The third kappa shape index (κ3) is 2.15. The number of esters is 1. The summed E-state index contributed by atoms with van der Waals surface area (Å²) in [6.07, 6.45) is 0.627. The van der Waals surface area contributed by atoms with Crippen LogP contribution in [0, 0.1) is 6.92 Å². The molecule has 0 aliphatic carbocycles. The van der Waals surface area contributed by atoms with Crippen LogP contribution < -0.4 is 5.43 Å². The van der Waals surface area contributed by atoms with Gasteiger partial charge in [0.05, 0.1) is 6.61 Å². The lowest BCUT2D eigenvalue weighted by Crippen LogP contribution is -2.24. The molecule has 0 aromatic carbocycles. The molecule has 0 fully saturated rings. The van der Waals surface area contributed by atoms with E-state index in [1.807, 2.05) is 25.5 Å².